The SMILES string of the molecule is O=C(NCCCCCCCCNC(=O)c1cccc(-c2ccc(OC3OC(CO)C(O)C(O)C3O)cc2)c1)c1cccc(-c2ccc(OC(O)C(O)C(O)C(O)CCO)cc2)c1. The summed E-state index contributed by atoms with van der Waals surface area (Å²) in [5, 5.41) is 94.5. The monoisotopic (exact) mass is 862 g/mol. The second-order valence-corrected chi connectivity index (χ2v) is 15.2. The van der Waals surface area contributed by atoms with Gasteiger partial charge in [-0.2, -0.15) is 0 Å². The van der Waals surface area contributed by atoms with Gasteiger partial charge in [0, 0.05) is 30.8 Å². The van der Waals surface area contributed by atoms with E-state index in [0.717, 1.165) is 60.8 Å². The first-order valence-corrected chi connectivity index (χ1v) is 20.8. The number of benzene rings is 4. The van der Waals surface area contributed by atoms with E-state index < -0.39 is 68.5 Å². The molecule has 0 aromatic heterocycles. The number of hydrogen-bond acceptors (Lipinski definition) is 14. The van der Waals surface area contributed by atoms with Crippen LogP contribution in [-0.4, -0.2) is 139 Å². The van der Waals surface area contributed by atoms with E-state index in [1.807, 2.05) is 12.1 Å². The molecule has 1 aliphatic heterocycles. The van der Waals surface area contributed by atoms with Crippen molar-refractivity contribution in [2.45, 2.75) is 100 Å². The maximum atomic E-state index is 12.9. The van der Waals surface area contributed by atoms with Crippen LogP contribution in [0.3, 0.4) is 0 Å². The molecule has 0 aliphatic carbocycles. The minimum Gasteiger partial charge on any atom is -0.462 e. The van der Waals surface area contributed by atoms with E-state index in [0.29, 0.717) is 30.0 Å². The first kappa shape index (κ1) is 48.1. The van der Waals surface area contributed by atoms with E-state index >= 15 is 0 Å². The molecular weight excluding hydrogens is 805 g/mol. The molecule has 1 aliphatic rings. The summed E-state index contributed by atoms with van der Waals surface area (Å²) in [7, 11) is 0. The van der Waals surface area contributed by atoms with Crippen molar-refractivity contribution in [3.8, 4) is 33.8 Å². The summed E-state index contributed by atoms with van der Waals surface area (Å²) in [5.74, 6) is 0.178. The molecule has 9 atom stereocenters. The first-order valence-electron chi connectivity index (χ1n) is 20.8. The van der Waals surface area contributed by atoms with E-state index in [1.165, 1.54) is 0 Å². The van der Waals surface area contributed by atoms with Crippen LogP contribution in [-0.2, 0) is 4.74 Å². The molecule has 0 bridgehead atoms. The van der Waals surface area contributed by atoms with Gasteiger partial charge in [0.05, 0.1) is 12.7 Å². The Labute approximate surface area is 360 Å². The van der Waals surface area contributed by atoms with E-state index in [4.69, 9.17) is 19.3 Å². The first-order chi connectivity index (χ1) is 29.9. The maximum absolute atomic E-state index is 12.9. The van der Waals surface area contributed by atoms with Gasteiger partial charge in [-0.15, -0.1) is 0 Å². The van der Waals surface area contributed by atoms with Crippen molar-refractivity contribution >= 4 is 11.8 Å². The Bertz CT molecular complexity index is 1980. The molecule has 336 valence electrons. The fourth-order valence-electron chi connectivity index (χ4n) is 6.90. The van der Waals surface area contributed by atoms with Gasteiger partial charge >= 0.3 is 0 Å². The van der Waals surface area contributed by atoms with Crippen LogP contribution >= 0.6 is 0 Å². The largest absolute Gasteiger partial charge is 0.462 e. The number of aliphatic hydroxyl groups excluding tert-OH is 9. The van der Waals surface area contributed by atoms with Gasteiger partial charge in [-0.3, -0.25) is 9.59 Å². The van der Waals surface area contributed by atoms with Crippen molar-refractivity contribution in [3.05, 3.63) is 108 Å². The van der Waals surface area contributed by atoms with E-state index in [-0.39, 0.29) is 24.0 Å². The molecular formula is C46H58N2O14. The topological polar surface area (TPSA) is 268 Å². The highest BCUT2D eigenvalue weighted by molar-refractivity contribution is 5.96. The molecule has 62 heavy (non-hydrogen) atoms. The zero-order chi connectivity index (χ0) is 44.6. The summed E-state index contributed by atoms with van der Waals surface area (Å²) in [6.07, 6.45) is -8.31. The lowest BCUT2D eigenvalue weighted by Crippen LogP contribution is -2.60. The third kappa shape index (κ3) is 13.5. The minimum absolute atomic E-state index is 0.174. The standard InChI is InChI=1S/C46H58N2O14/c49-24-21-36(51)38(52)41(55)45(59)60-34-17-13-28(14-18-34)30-9-7-11-32(25-30)43(57)47-22-5-3-1-2-4-6-23-48-44(58)33-12-8-10-31(26-33)29-15-19-35(20-16-29)61-46-42(56)40(54)39(53)37(27-50)62-46/h7-20,25-26,36-42,45-46,49-56,59H,1-6,21-24,27H2,(H,47,57)(H,48,58). The maximum Gasteiger partial charge on any atom is 0.251 e. The number of amides is 2. The molecule has 9 unspecified atom stereocenters. The lowest BCUT2D eigenvalue weighted by molar-refractivity contribution is -0.277. The van der Waals surface area contributed by atoms with Gasteiger partial charge in [0.25, 0.3) is 11.8 Å². The van der Waals surface area contributed by atoms with Gasteiger partial charge in [-0.1, -0.05) is 74.2 Å². The highest BCUT2D eigenvalue weighted by atomic mass is 16.7. The van der Waals surface area contributed by atoms with E-state index in [9.17, 15) is 50.4 Å². The van der Waals surface area contributed by atoms with E-state index in [1.54, 1.807) is 84.9 Å². The van der Waals surface area contributed by atoms with Gasteiger partial charge in [0.2, 0.25) is 12.6 Å². The number of unbranched alkanes of at least 4 members (excludes halogenated alkanes) is 5. The van der Waals surface area contributed by atoms with Crippen LogP contribution in [0.5, 0.6) is 11.5 Å². The van der Waals surface area contributed by atoms with Gasteiger partial charge in [-0.25, -0.2) is 0 Å². The summed E-state index contributed by atoms with van der Waals surface area (Å²) < 4.78 is 16.4. The number of carbonyl (C=O) groups is 2. The lowest BCUT2D eigenvalue weighted by atomic mass is 9.99. The van der Waals surface area contributed by atoms with Crippen molar-refractivity contribution in [2.24, 2.45) is 0 Å². The number of ether oxygens (including phenoxy) is 3. The van der Waals surface area contributed by atoms with Crippen LogP contribution in [0.4, 0.5) is 0 Å². The highest BCUT2D eigenvalue weighted by Gasteiger charge is 2.44. The summed E-state index contributed by atoms with van der Waals surface area (Å²) in [6, 6.07) is 27.8. The van der Waals surface area contributed by atoms with Crippen LogP contribution in [0.1, 0.15) is 65.7 Å². The van der Waals surface area contributed by atoms with E-state index in [2.05, 4.69) is 10.6 Å². The van der Waals surface area contributed by atoms with Crippen molar-refractivity contribution < 1.29 is 69.8 Å². The van der Waals surface area contributed by atoms with Crippen LogP contribution in [0.2, 0.25) is 0 Å². The van der Waals surface area contributed by atoms with Crippen molar-refractivity contribution in [3.63, 3.8) is 0 Å². The van der Waals surface area contributed by atoms with Crippen LogP contribution in [0.25, 0.3) is 22.3 Å². The fraction of sp³-hybridized carbons (Fsp3) is 0.435. The molecule has 5 rings (SSSR count). The Hall–Kier alpha value is -4.98. The Balaban J connectivity index is 0.951. The summed E-state index contributed by atoms with van der Waals surface area (Å²) in [5.41, 5.74) is 4.21. The molecule has 1 saturated heterocycles. The summed E-state index contributed by atoms with van der Waals surface area (Å²) in [6.45, 7) is 0.116. The van der Waals surface area contributed by atoms with Crippen molar-refractivity contribution in [1.82, 2.24) is 10.6 Å². The van der Waals surface area contributed by atoms with Crippen molar-refractivity contribution in [2.75, 3.05) is 26.3 Å². The zero-order valence-corrected chi connectivity index (χ0v) is 34.3. The second kappa shape index (κ2) is 24.0. The minimum atomic E-state index is -1.82. The fourth-order valence-corrected chi connectivity index (χ4v) is 6.90. The van der Waals surface area contributed by atoms with Gasteiger partial charge in [-0.05, 0) is 90.0 Å². The smallest absolute Gasteiger partial charge is 0.251 e. The van der Waals surface area contributed by atoms with Crippen LogP contribution in [0.15, 0.2) is 97.1 Å². The highest BCUT2D eigenvalue weighted by Crippen LogP contribution is 2.28. The third-order valence-corrected chi connectivity index (χ3v) is 10.6. The average molecular weight is 863 g/mol. The Morgan fingerprint density at radius 2 is 1.10 bits per heavy atom. The summed E-state index contributed by atoms with van der Waals surface area (Å²) in [4.78, 5) is 25.8. The molecule has 16 nitrogen and oxygen atoms in total. The molecule has 2 amide bonds. The van der Waals surface area contributed by atoms with Gasteiger partial charge in [0.15, 0.2) is 0 Å². The molecule has 0 saturated carbocycles. The Morgan fingerprint density at radius 3 is 1.60 bits per heavy atom. The number of nitrogens with one attached hydrogen (secondary N) is 2. The number of aliphatic hydroxyl groups is 9. The number of rotatable bonds is 23. The number of hydrogen-bond donors (Lipinski definition) is 11. The predicted octanol–water partition coefficient (Wildman–Crippen LogP) is 1.86. The molecule has 1 heterocycles. The molecule has 16 heteroatoms. The molecule has 0 spiro atoms. The zero-order valence-electron chi connectivity index (χ0n) is 34.3. The molecule has 0 radical (unpaired) electrons. The second-order valence-electron chi connectivity index (χ2n) is 15.2. The van der Waals surface area contributed by atoms with Gasteiger partial charge < -0.3 is 70.8 Å². The third-order valence-electron chi connectivity index (χ3n) is 10.6. The molecule has 4 aromatic rings. The predicted molar refractivity (Wildman–Crippen MR) is 227 cm³/mol. The summed E-state index contributed by atoms with van der Waals surface area (Å²) >= 11 is 0. The Kier molecular flexibility index (Phi) is 18.6. The normalized spacial score (nSPS) is 20.7. The number of carbonyl (C=O) groups excluding carboxylic acids is 2. The van der Waals surface area contributed by atoms with Crippen LogP contribution in [0, 0.1) is 0 Å². The Morgan fingerprint density at radius 1 is 0.597 bits per heavy atom. The molecule has 4 aromatic carbocycles. The molecule has 11 N–H and O–H groups in total. The quantitative estimate of drug-likeness (QED) is 0.0376. The lowest BCUT2D eigenvalue weighted by Gasteiger charge is -2.39. The van der Waals surface area contributed by atoms with Gasteiger partial charge in [0.1, 0.15) is 48.1 Å². The average Bonchev–Trinajstić information content (AvgIpc) is 3.29. The van der Waals surface area contributed by atoms with Crippen LogP contribution < -0.4 is 20.1 Å². The molecule has 1 fully saturated rings. The van der Waals surface area contributed by atoms with Crippen molar-refractivity contribution in [1.29, 1.82) is 0 Å².